The normalized spacial score (nSPS) is 28.5. The molecule has 0 aromatic rings. The van der Waals surface area contributed by atoms with Gasteiger partial charge in [-0.1, -0.05) is 45.4 Å². The van der Waals surface area contributed by atoms with Gasteiger partial charge in [0.25, 0.3) is 0 Å². The summed E-state index contributed by atoms with van der Waals surface area (Å²) in [6, 6.07) is 0. The molecule has 0 aromatic heterocycles. The Hall–Kier alpha value is -0.410. The molecule has 1 aliphatic heterocycles. The molecule has 0 aromatic carbocycles. The van der Waals surface area contributed by atoms with Crippen LogP contribution in [0.15, 0.2) is 0 Å². The van der Waals surface area contributed by atoms with Crippen molar-refractivity contribution in [2.45, 2.75) is 102 Å². The first-order valence-corrected chi connectivity index (χ1v) is 12.3. The molecule has 2 fully saturated rings. The molecule has 1 saturated heterocycles. The minimum atomic E-state index is -4.37. The molecule has 0 bridgehead atoms. The van der Waals surface area contributed by atoms with Gasteiger partial charge in [0.05, 0.1) is 25.5 Å². The number of nitrogens with one attached hydrogen (secondary N) is 2. The number of rotatable bonds is 14. The van der Waals surface area contributed by atoms with Crippen LogP contribution < -0.4 is 10.6 Å². The van der Waals surface area contributed by atoms with E-state index in [1.165, 1.54) is 44.9 Å². The predicted molar refractivity (Wildman–Crippen MR) is 116 cm³/mol. The highest BCUT2D eigenvalue weighted by Crippen LogP contribution is 2.29. The van der Waals surface area contributed by atoms with Gasteiger partial charge in [-0.15, -0.1) is 0 Å². The number of hydrogen-bond donors (Lipinski definition) is 3. The van der Waals surface area contributed by atoms with Crippen LogP contribution in [0, 0.1) is 11.8 Å². The first kappa shape index (κ1) is 26.8. The van der Waals surface area contributed by atoms with Crippen molar-refractivity contribution in [2.24, 2.45) is 11.8 Å². The van der Waals surface area contributed by atoms with Gasteiger partial charge in [0, 0.05) is 13.1 Å². The average molecular weight is 453 g/mol. The lowest BCUT2D eigenvalue weighted by molar-refractivity contribution is -0.181. The van der Waals surface area contributed by atoms with Crippen LogP contribution in [0.5, 0.6) is 0 Å². The Kier molecular flexibility index (Phi) is 12.7. The molecule has 2 aliphatic rings. The molecule has 0 amide bonds. The maximum Gasteiger partial charge on any atom is 0.411 e. The van der Waals surface area contributed by atoms with Gasteiger partial charge in [0.2, 0.25) is 0 Å². The fraction of sp³-hybridized carbons (Fsp3) is 1.00. The van der Waals surface area contributed by atoms with E-state index in [0.29, 0.717) is 12.1 Å². The molecule has 1 aliphatic carbocycles. The highest BCUT2D eigenvalue weighted by atomic mass is 19.4. The molecule has 1 saturated carbocycles. The Balaban J connectivity index is 1.50. The minimum absolute atomic E-state index is 0.0211. The third-order valence-electron chi connectivity index (χ3n) is 6.51. The van der Waals surface area contributed by atoms with Crippen LogP contribution in [-0.2, 0) is 9.47 Å². The van der Waals surface area contributed by atoms with Gasteiger partial charge >= 0.3 is 6.18 Å². The highest BCUT2D eigenvalue weighted by Gasteiger charge is 2.31. The third kappa shape index (κ3) is 11.9. The molecule has 0 unspecified atom stereocenters. The standard InChI is InChI=1S/C23H43F3N2O3/c1-2-3-4-5-6-7-8-18-13-27-22(28-14-18)19-9-11-21(12-10-19)31-16-20(29)15-30-17-23(24,25)26/h18-22,27-29H,2-17H2,1H3/t18?,19?,20-,21?,22?/m0/s1. The van der Waals surface area contributed by atoms with Crippen LogP contribution >= 0.6 is 0 Å². The molecule has 184 valence electrons. The lowest BCUT2D eigenvalue weighted by Gasteiger charge is -2.39. The fourth-order valence-electron chi connectivity index (χ4n) is 4.68. The Morgan fingerprint density at radius 1 is 0.935 bits per heavy atom. The average Bonchev–Trinajstić information content (AvgIpc) is 2.75. The van der Waals surface area contributed by atoms with E-state index in [1.54, 1.807) is 0 Å². The van der Waals surface area contributed by atoms with Crippen LogP contribution in [0.2, 0.25) is 0 Å². The fourth-order valence-corrected chi connectivity index (χ4v) is 4.68. The zero-order valence-electron chi connectivity index (χ0n) is 19.1. The summed E-state index contributed by atoms with van der Waals surface area (Å²) in [6.45, 7) is 2.76. The van der Waals surface area contributed by atoms with Crippen molar-refractivity contribution >= 4 is 0 Å². The first-order chi connectivity index (χ1) is 14.9. The summed E-state index contributed by atoms with van der Waals surface area (Å²) in [5.41, 5.74) is 0. The predicted octanol–water partition coefficient (Wildman–Crippen LogP) is 4.39. The van der Waals surface area contributed by atoms with Gasteiger partial charge in [0.1, 0.15) is 12.7 Å². The topological polar surface area (TPSA) is 62.8 Å². The maximum atomic E-state index is 12.1. The maximum absolute atomic E-state index is 12.1. The van der Waals surface area contributed by atoms with Crippen molar-refractivity contribution in [1.29, 1.82) is 0 Å². The number of aliphatic hydroxyl groups excluding tert-OH is 1. The van der Waals surface area contributed by atoms with Crippen LogP contribution in [0.3, 0.4) is 0 Å². The Morgan fingerprint density at radius 3 is 2.23 bits per heavy atom. The van der Waals surface area contributed by atoms with Gasteiger partial charge in [-0.05, 0) is 43.9 Å². The monoisotopic (exact) mass is 452 g/mol. The van der Waals surface area contributed by atoms with Crippen molar-refractivity contribution in [2.75, 3.05) is 32.9 Å². The van der Waals surface area contributed by atoms with Gasteiger partial charge in [-0.25, -0.2) is 0 Å². The lowest BCUT2D eigenvalue weighted by atomic mass is 9.84. The molecule has 31 heavy (non-hydrogen) atoms. The quantitative estimate of drug-likeness (QED) is 0.341. The van der Waals surface area contributed by atoms with Crippen molar-refractivity contribution in [3.8, 4) is 0 Å². The summed E-state index contributed by atoms with van der Waals surface area (Å²) in [5.74, 6) is 1.30. The molecule has 5 nitrogen and oxygen atoms in total. The van der Waals surface area contributed by atoms with E-state index in [1.807, 2.05) is 0 Å². The summed E-state index contributed by atoms with van der Waals surface area (Å²) in [7, 11) is 0. The first-order valence-electron chi connectivity index (χ1n) is 12.3. The molecule has 0 radical (unpaired) electrons. The smallest absolute Gasteiger partial charge is 0.388 e. The Labute approximate surface area is 185 Å². The summed E-state index contributed by atoms with van der Waals surface area (Å²) in [6.07, 6.45) is 8.37. The van der Waals surface area contributed by atoms with Crippen molar-refractivity contribution in [1.82, 2.24) is 10.6 Å². The van der Waals surface area contributed by atoms with Crippen LogP contribution in [0.4, 0.5) is 13.2 Å². The zero-order valence-corrected chi connectivity index (χ0v) is 19.1. The van der Waals surface area contributed by atoms with Gasteiger partial charge < -0.3 is 25.2 Å². The molecule has 0 spiro atoms. The molecule has 8 heteroatoms. The summed E-state index contributed by atoms with van der Waals surface area (Å²) < 4.78 is 46.3. The molecule has 1 atom stereocenters. The van der Waals surface area contributed by atoms with Gasteiger partial charge in [0.15, 0.2) is 0 Å². The van der Waals surface area contributed by atoms with Crippen molar-refractivity contribution in [3.63, 3.8) is 0 Å². The zero-order chi connectivity index (χ0) is 22.5. The largest absolute Gasteiger partial charge is 0.411 e. The van der Waals surface area contributed by atoms with Crippen molar-refractivity contribution < 1.29 is 27.8 Å². The lowest BCUT2D eigenvalue weighted by Crippen LogP contribution is -2.56. The molecule has 3 N–H and O–H groups in total. The number of hydrogen-bond acceptors (Lipinski definition) is 5. The summed E-state index contributed by atoms with van der Waals surface area (Å²) >= 11 is 0. The minimum Gasteiger partial charge on any atom is -0.388 e. The van der Waals surface area contributed by atoms with E-state index in [9.17, 15) is 18.3 Å². The highest BCUT2D eigenvalue weighted by molar-refractivity contribution is 4.85. The Bertz CT molecular complexity index is 452. The van der Waals surface area contributed by atoms with E-state index in [0.717, 1.165) is 44.7 Å². The molecular formula is C23H43F3N2O3. The van der Waals surface area contributed by atoms with Crippen LogP contribution in [0.1, 0.15) is 77.6 Å². The third-order valence-corrected chi connectivity index (χ3v) is 6.51. The summed E-state index contributed by atoms with van der Waals surface area (Å²) in [4.78, 5) is 0. The number of halogens is 3. The number of alkyl halides is 3. The molecule has 1 heterocycles. The number of aliphatic hydroxyl groups is 1. The molecular weight excluding hydrogens is 409 g/mol. The second-order valence-corrected chi connectivity index (χ2v) is 9.37. The van der Waals surface area contributed by atoms with Gasteiger partial charge in [-0.3, -0.25) is 0 Å². The van der Waals surface area contributed by atoms with Crippen LogP contribution in [-0.4, -0.2) is 62.6 Å². The number of ether oxygens (including phenoxy) is 2. The van der Waals surface area contributed by atoms with Crippen molar-refractivity contribution in [3.05, 3.63) is 0 Å². The Morgan fingerprint density at radius 2 is 1.58 bits per heavy atom. The van der Waals surface area contributed by atoms with Crippen LogP contribution in [0.25, 0.3) is 0 Å². The SMILES string of the molecule is CCCCCCCCC1CNC(C2CCC(OC[C@@H](O)COCC(F)(F)F)CC2)NC1. The molecule has 2 rings (SSSR count). The van der Waals surface area contributed by atoms with E-state index >= 15 is 0 Å². The van der Waals surface area contributed by atoms with E-state index in [4.69, 9.17) is 4.74 Å². The summed E-state index contributed by atoms with van der Waals surface area (Å²) in [5, 5.41) is 17.1. The second kappa shape index (κ2) is 14.7. The van der Waals surface area contributed by atoms with E-state index in [2.05, 4.69) is 22.3 Å². The number of unbranched alkanes of at least 4 members (excludes halogenated alkanes) is 5. The van der Waals surface area contributed by atoms with E-state index in [-0.39, 0.29) is 19.3 Å². The second-order valence-electron chi connectivity index (χ2n) is 9.37. The van der Waals surface area contributed by atoms with E-state index < -0.39 is 18.9 Å². The van der Waals surface area contributed by atoms with Gasteiger partial charge in [-0.2, -0.15) is 13.2 Å².